The van der Waals surface area contributed by atoms with Crippen LogP contribution in [0.1, 0.15) is 0 Å². The topological polar surface area (TPSA) is 77.8 Å². The van der Waals surface area contributed by atoms with E-state index < -0.39 is 7.82 Å². The van der Waals surface area contributed by atoms with Crippen LogP contribution in [0.3, 0.4) is 0 Å². The molecule has 0 radical (unpaired) electrons. The fourth-order valence-corrected chi connectivity index (χ4v) is 0. The first-order valence-electron chi connectivity index (χ1n) is 1.16. The summed E-state index contributed by atoms with van der Waals surface area (Å²) in [6.45, 7) is 0. The van der Waals surface area contributed by atoms with Gasteiger partial charge in [-0.05, 0) is 0 Å². The van der Waals surface area contributed by atoms with E-state index in [0.29, 0.717) is 0 Å². The molecule has 9 heavy (non-hydrogen) atoms. The van der Waals surface area contributed by atoms with Crippen molar-refractivity contribution in [3.8, 4) is 0 Å². The van der Waals surface area contributed by atoms with E-state index in [-0.39, 0.29) is 59.1 Å². The summed E-state index contributed by atoms with van der Waals surface area (Å²) in [5, 5.41) is 0. The van der Waals surface area contributed by atoms with Gasteiger partial charge in [0.25, 0.3) is 0 Å². The molecule has 3 N–H and O–H groups in total. The minimum atomic E-state index is -4.64. The molecule has 0 heterocycles. The van der Waals surface area contributed by atoms with E-state index in [4.69, 9.17) is 19.2 Å². The van der Waals surface area contributed by atoms with E-state index in [1.54, 1.807) is 0 Å². The van der Waals surface area contributed by atoms with Crippen molar-refractivity contribution < 1.29 is 19.2 Å². The van der Waals surface area contributed by atoms with E-state index in [1.165, 1.54) is 6.38 Å². The number of hydrogen-bond acceptors (Lipinski definition) is 1. The second-order valence-corrected chi connectivity index (χ2v) is 1.54. The van der Waals surface area contributed by atoms with Crippen LogP contribution < -0.4 is 0 Å². The molecule has 0 aromatic heterocycles. The molecular weight excluding hydrogens is 188 g/mol. The third-order valence-corrected chi connectivity index (χ3v) is 0. The van der Waals surface area contributed by atoms with Gasteiger partial charge in [-0.3, -0.25) is 0 Å². The molecule has 0 atom stereocenters. The van der Waals surface area contributed by atoms with Gasteiger partial charge in [-0.2, -0.15) is 0 Å². The quantitative estimate of drug-likeness (QED) is 0.254. The van der Waals surface area contributed by atoms with Crippen molar-refractivity contribution in [2.75, 3.05) is 6.38 Å². The first-order valence-corrected chi connectivity index (χ1v) is 3.48. The van der Waals surface area contributed by atoms with Gasteiger partial charge >= 0.3 is 66.9 Å². The Labute approximate surface area is 103 Å². The average Bonchev–Trinajstić information content (AvgIpc) is 1.36. The van der Waals surface area contributed by atoms with Gasteiger partial charge in [-0.25, -0.2) is 4.57 Å². The maximum atomic E-state index is 8.88. The van der Waals surface area contributed by atoms with E-state index in [0.717, 1.165) is 0 Å². The van der Waals surface area contributed by atoms with E-state index in [9.17, 15) is 0 Å². The molecule has 8 heteroatoms. The van der Waals surface area contributed by atoms with Crippen molar-refractivity contribution in [3.63, 3.8) is 0 Å². The van der Waals surface area contributed by atoms with Crippen molar-refractivity contribution >= 4 is 78.5 Å². The number of phosphoric acid groups is 1. The molecule has 0 saturated carbocycles. The molecule has 0 aromatic carbocycles. The van der Waals surface area contributed by atoms with Crippen LogP contribution in [0.2, 0.25) is 0 Å². The minimum absolute atomic E-state index is 0. The van der Waals surface area contributed by atoms with Gasteiger partial charge in [-0.15, -0.1) is 11.6 Å². The third-order valence-electron chi connectivity index (χ3n) is 0. The molecule has 0 unspecified atom stereocenters. The summed E-state index contributed by atoms with van der Waals surface area (Å²) in [5.74, 6) is 0. The molecule has 0 aliphatic heterocycles. The molecule has 0 saturated heterocycles. The number of hydrogen-bond donors (Lipinski definition) is 3. The monoisotopic (exact) mass is 196 g/mol. The first kappa shape index (κ1) is 22.5. The number of rotatable bonds is 0. The van der Waals surface area contributed by atoms with Gasteiger partial charge < -0.3 is 14.7 Å². The van der Waals surface area contributed by atoms with Gasteiger partial charge in [0, 0.05) is 6.38 Å². The molecule has 50 valence electrons. The summed E-state index contributed by atoms with van der Waals surface area (Å²) >= 11 is 4.64. The zero-order valence-electron chi connectivity index (χ0n) is 3.58. The molecule has 0 aromatic rings. The Hall–Kier alpha value is 2.40. The molecule has 0 fully saturated rings. The second kappa shape index (κ2) is 13.0. The zero-order valence-corrected chi connectivity index (χ0v) is 5.23. The SMILES string of the molecule is CCl.O=P(O)(O)O.[NaH].[NaH]. The van der Waals surface area contributed by atoms with Crippen LogP contribution >= 0.6 is 19.4 Å². The molecule has 0 aliphatic carbocycles. The first-order chi connectivity index (χ1) is 3.00. The number of halogens is 1. The van der Waals surface area contributed by atoms with Gasteiger partial charge in [-0.1, -0.05) is 0 Å². The Morgan fingerprint density at radius 2 is 1.11 bits per heavy atom. The second-order valence-electron chi connectivity index (χ2n) is 0.513. The van der Waals surface area contributed by atoms with Crippen molar-refractivity contribution in [3.05, 3.63) is 0 Å². The summed E-state index contributed by atoms with van der Waals surface area (Å²) in [6, 6.07) is 0. The Morgan fingerprint density at radius 1 is 1.11 bits per heavy atom. The fraction of sp³-hybridized carbons (Fsp3) is 1.00. The summed E-state index contributed by atoms with van der Waals surface area (Å²) in [6.07, 6.45) is 1.47. The predicted octanol–water partition coefficient (Wildman–Crippen LogP) is -1.37. The Morgan fingerprint density at radius 3 is 1.11 bits per heavy atom. The average molecular weight is 196 g/mol. The fourth-order valence-electron chi connectivity index (χ4n) is 0. The van der Waals surface area contributed by atoms with Crippen LogP contribution in [-0.2, 0) is 4.57 Å². The van der Waals surface area contributed by atoms with Crippen LogP contribution in [-0.4, -0.2) is 80.2 Å². The van der Waals surface area contributed by atoms with Gasteiger partial charge in [0.1, 0.15) is 0 Å². The Balaban J connectivity index is -0.0000000286. The summed E-state index contributed by atoms with van der Waals surface area (Å²) in [7, 11) is -4.64. The Bertz CT molecular complexity index is 64.7. The van der Waals surface area contributed by atoms with E-state index >= 15 is 0 Å². The third kappa shape index (κ3) is 127. The molecule has 0 spiro atoms. The van der Waals surface area contributed by atoms with Crippen LogP contribution in [0, 0.1) is 0 Å². The standard InChI is InChI=1S/CH3Cl.2Na.H3O4P.2H/c1-2;;;1-5(2,3)4;;/h1H3;;;(H3,1,2,3,4);;. The van der Waals surface area contributed by atoms with Crippen molar-refractivity contribution in [2.24, 2.45) is 0 Å². The van der Waals surface area contributed by atoms with Crippen LogP contribution in [0.25, 0.3) is 0 Å². The molecule has 4 nitrogen and oxygen atoms in total. The molecule has 0 rings (SSSR count). The number of alkyl halides is 1. The predicted molar refractivity (Wildman–Crippen MR) is 40.3 cm³/mol. The van der Waals surface area contributed by atoms with Crippen LogP contribution in [0.15, 0.2) is 0 Å². The van der Waals surface area contributed by atoms with E-state index in [2.05, 4.69) is 11.6 Å². The van der Waals surface area contributed by atoms with Gasteiger partial charge in [0.15, 0.2) is 0 Å². The molecular formula is CH8ClNa2O4P. The van der Waals surface area contributed by atoms with Crippen LogP contribution in [0.5, 0.6) is 0 Å². The van der Waals surface area contributed by atoms with Crippen molar-refractivity contribution in [2.45, 2.75) is 0 Å². The maximum absolute atomic E-state index is 8.88. The molecule has 0 bridgehead atoms. The van der Waals surface area contributed by atoms with Crippen LogP contribution in [0.4, 0.5) is 0 Å². The summed E-state index contributed by atoms with van der Waals surface area (Å²) in [4.78, 5) is 21.6. The zero-order chi connectivity index (χ0) is 6.50. The summed E-state index contributed by atoms with van der Waals surface area (Å²) in [5.41, 5.74) is 0. The van der Waals surface area contributed by atoms with Crippen molar-refractivity contribution in [1.82, 2.24) is 0 Å². The molecule has 0 amide bonds. The van der Waals surface area contributed by atoms with Crippen molar-refractivity contribution in [1.29, 1.82) is 0 Å². The summed E-state index contributed by atoms with van der Waals surface area (Å²) < 4.78 is 8.88. The molecule has 0 aliphatic rings. The van der Waals surface area contributed by atoms with Gasteiger partial charge in [0.2, 0.25) is 0 Å². The Kier molecular flexibility index (Phi) is 32.6. The van der Waals surface area contributed by atoms with Gasteiger partial charge in [0.05, 0.1) is 0 Å². The van der Waals surface area contributed by atoms with E-state index in [1.807, 2.05) is 0 Å². The normalized spacial score (nSPS) is 7.22.